The molecule has 1 aliphatic carbocycles. The Hall–Kier alpha value is -1.57. The van der Waals surface area contributed by atoms with E-state index >= 15 is 0 Å². The molecule has 27 heavy (non-hydrogen) atoms. The SMILES string of the molecule is Cl.NCC(NC(=O)c1cccc(CN2C(=O)CSC2=O)c1)C1CCCCC1. The van der Waals surface area contributed by atoms with Crippen LogP contribution >= 0.6 is 24.2 Å². The summed E-state index contributed by atoms with van der Waals surface area (Å²) in [5, 5.41) is 2.84. The van der Waals surface area contributed by atoms with Crippen LogP contribution in [0.4, 0.5) is 4.79 Å². The van der Waals surface area contributed by atoms with Gasteiger partial charge in [-0.15, -0.1) is 12.4 Å². The highest BCUT2D eigenvalue weighted by Crippen LogP contribution is 2.26. The number of halogens is 1. The maximum absolute atomic E-state index is 12.7. The minimum Gasteiger partial charge on any atom is -0.348 e. The number of imide groups is 1. The Balaban J connectivity index is 0.00000261. The Kier molecular flexibility index (Phi) is 8.13. The minimum absolute atomic E-state index is 0. The Labute approximate surface area is 170 Å². The van der Waals surface area contributed by atoms with Crippen molar-refractivity contribution >= 4 is 41.2 Å². The van der Waals surface area contributed by atoms with E-state index in [0.717, 1.165) is 30.2 Å². The van der Waals surface area contributed by atoms with E-state index in [1.165, 1.54) is 24.2 Å². The average molecular weight is 412 g/mol. The zero-order valence-electron chi connectivity index (χ0n) is 15.2. The molecule has 6 nitrogen and oxygen atoms in total. The molecular formula is C19H26ClN3O3S. The number of hydrogen-bond acceptors (Lipinski definition) is 5. The van der Waals surface area contributed by atoms with Crippen molar-refractivity contribution in [2.45, 2.75) is 44.7 Å². The van der Waals surface area contributed by atoms with Crippen LogP contribution in [0.3, 0.4) is 0 Å². The second-order valence-corrected chi connectivity index (χ2v) is 7.88. The number of amides is 3. The molecule has 1 saturated heterocycles. The second kappa shape index (κ2) is 10.1. The summed E-state index contributed by atoms with van der Waals surface area (Å²) in [5.74, 6) is 0.299. The molecule has 1 atom stereocenters. The van der Waals surface area contributed by atoms with E-state index in [-0.39, 0.29) is 47.8 Å². The summed E-state index contributed by atoms with van der Waals surface area (Å²) in [6.45, 7) is 0.638. The number of thioether (sulfide) groups is 1. The minimum atomic E-state index is -0.231. The third-order valence-electron chi connectivity index (χ3n) is 5.16. The molecule has 1 aliphatic heterocycles. The molecule has 0 aromatic heterocycles. The molecule has 2 fully saturated rings. The van der Waals surface area contributed by atoms with E-state index in [2.05, 4.69) is 5.32 Å². The summed E-state index contributed by atoms with van der Waals surface area (Å²) in [6, 6.07) is 7.08. The maximum Gasteiger partial charge on any atom is 0.289 e. The number of carbonyl (C=O) groups is 3. The normalized spacial score (nSPS) is 18.9. The Morgan fingerprint density at radius 1 is 1.26 bits per heavy atom. The highest BCUT2D eigenvalue weighted by Gasteiger charge is 2.30. The van der Waals surface area contributed by atoms with Crippen molar-refractivity contribution < 1.29 is 14.4 Å². The molecule has 1 aromatic rings. The van der Waals surface area contributed by atoms with Crippen molar-refractivity contribution in [1.82, 2.24) is 10.2 Å². The van der Waals surface area contributed by atoms with Gasteiger partial charge in [0.05, 0.1) is 12.3 Å². The smallest absolute Gasteiger partial charge is 0.289 e. The molecule has 1 unspecified atom stereocenters. The van der Waals surface area contributed by atoms with Crippen molar-refractivity contribution in [3.63, 3.8) is 0 Å². The van der Waals surface area contributed by atoms with Crippen molar-refractivity contribution in [2.75, 3.05) is 12.3 Å². The van der Waals surface area contributed by atoms with Crippen molar-refractivity contribution in [1.29, 1.82) is 0 Å². The number of carbonyl (C=O) groups excluding carboxylic acids is 3. The summed E-state index contributed by atoms with van der Waals surface area (Å²) in [6.07, 6.45) is 5.87. The summed E-state index contributed by atoms with van der Waals surface area (Å²) >= 11 is 1.01. The first-order valence-corrected chi connectivity index (χ1v) is 10.1. The molecule has 148 valence electrons. The van der Waals surface area contributed by atoms with Crippen LogP contribution in [0.1, 0.15) is 48.0 Å². The van der Waals surface area contributed by atoms with Gasteiger partial charge in [0.15, 0.2) is 0 Å². The lowest BCUT2D eigenvalue weighted by atomic mass is 9.84. The Bertz CT molecular complexity index is 679. The Morgan fingerprint density at radius 3 is 2.63 bits per heavy atom. The van der Waals surface area contributed by atoms with Gasteiger partial charge in [0.1, 0.15) is 0 Å². The number of benzene rings is 1. The first kappa shape index (κ1) is 21.7. The van der Waals surface area contributed by atoms with Gasteiger partial charge in [-0.1, -0.05) is 43.2 Å². The highest BCUT2D eigenvalue weighted by atomic mass is 35.5. The number of rotatable bonds is 6. The van der Waals surface area contributed by atoms with E-state index in [1.807, 2.05) is 6.07 Å². The van der Waals surface area contributed by atoms with Crippen LogP contribution in [0.2, 0.25) is 0 Å². The fourth-order valence-electron chi connectivity index (χ4n) is 3.68. The van der Waals surface area contributed by atoms with Gasteiger partial charge in [0, 0.05) is 18.2 Å². The monoisotopic (exact) mass is 411 g/mol. The fourth-order valence-corrected chi connectivity index (χ4v) is 4.41. The average Bonchev–Trinajstić information content (AvgIpc) is 2.99. The lowest BCUT2D eigenvalue weighted by Gasteiger charge is -2.30. The van der Waals surface area contributed by atoms with E-state index in [0.29, 0.717) is 18.0 Å². The van der Waals surface area contributed by atoms with Gasteiger partial charge in [0.2, 0.25) is 5.91 Å². The van der Waals surface area contributed by atoms with Crippen LogP contribution < -0.4 is 11.1 Å². The van der Waals surface area contributed by atoms with Gasteiger partial charge in [-0.25, -0.2) is 0 Å². The molecule has 3 amide bonds. The Morgan fingerprint density at radius 2 is 2.00 bits per heavy atom. The van der Waals surface area contributed by atoms with Crippen LogP contribution in [0.5, 0.6) is 0 Å². The summed E-state index contributed by atoms with van der Waals surface area (Å²) in [4.78, 5) is 37.4. The second-order valence-electron chi connectivity index (χ2n) is 6.95. The largest absolute Gasteiger partial charge is 0.348 e. The molecule has 0 bridgehead atoms. The third-order valence-corrected chi connectivity index (χ3v) is 6.02. The summed E-state index contributed by atoms with van der Waals surface area (Å²) in [5.41, 5.74) is 7.20. The topological polar surface area (TPSA) is 92.5 Å². The zero-order valence-corrected chi connectivity index (χ0v) is 16.8. The number of hydrogen-bond donors (Lipinski definition) is 2. The highest BCUT2D eigenvalue weighted by molar-refractivity contribution is 8.14. The predicted octanol–water partition coefficient (Wildman–Crippen LogP) is 2.94. The fraction of sp³-hybridized carbons (Fsp3) is 0.526. The van der Waals surface area contributed by atoms with Crippen LogP contribution in [-0.4, -0.2) is 40.3 Å². The molecule has 0 radical (unpaired) electrons. The van der Waals surface area contributed by atoms with Gasteiger partial charge in [-0.05, 0) is 36.5 Å². The standard InChI is InChI=1S/C19H25N3O3S.ClH/c20-10-16(14-6-2-1-3-7-14)21-18(24)15-8-4-5-13(9-15)11-22-17(23)12-26-19(22)25;/h4-5,8-9,14,16H,1-3,6-7,10-12,20H2,(H,21,24);1H. The van der Waals surface area contributed by atoms with Crippen molar-refractivity contribution in [2.24, 2.45) is 11.7 Å². The summed E-state index contributed by atoms with van der Waals surface area (Å²) in [7, 11) is 0. The van der Waals surface area contributed by atoms with Crippen LogP contribution in [0, 0.1) is 5.92 Å². The number of nitrogens with one attached hydrogen (secondary N) is 1. The van der Waals surface area contributed by atoms with E-state index in [1.54, 1.807) is 18.2 Å². The molecule has 1 heterocycles. The van der Waals surface area contributed by atoms with Crippen molar-refractivity contribution in [3.05, 3.63) is 35.4 Å². The van der Waals surface area contributed by atoms with E-state index < -0.39 is 0 Å². The quantitative estimate of drug-likeness (QED) is 0.750. The third kappa shape index (κ3) is 5.46. The molecule has 8 heteroatoms. The molecule has 0 spiro atoms. The van der Waals surface area contributed by atoms with Gasteiger partial charge >= 0.3 is 0 Å². The van der Waals surface area contributed by atoms with Gasteiger partial charge < -0.3 is 11.1 Å². The van der Waals surface area contributed by atoms with Crippen LogP contribution in [-0.2, 0) is 11.3 Å². The molecule has 3 N–H and O–H groups in total. The van der Waals surface area contributed by atoms with E-state index in [9.17, 15) is 14.4 Å². The number of nitrogens with two attached hydrogens (primary N) is 1. The van der Waals surface area contributed by atoms with Gasteiger partial charge in [0.25, 0.3) is 11.1 Å². The first-order valence-electron chi connectivity index (χ1n) is 9.15. The van der Waals surface area contributed by atoms with Crippen molar-refractivity contribution in [3.8, 4) is 0 Å². The molecular weight excluding hydrogens is 386 g/mol. The van der Waals surface area contributed by atoms with Gasteiger partial charge in [-0.3, -0.25) is 19.3 Å². The predicted molar refractivity (Wildman–Crippen MR) is 109 cm³/mol. The molecule has 1 saturated carbocycles. The van der Waals surface area contributed by atoms with Crippen LogP contribution in [0.15, 0.2) is 24.3 Å². The molecule has 3 rings (SSSR count). The molecule has 1 aromatic carbocycles. The first-order chi connectivity index (χ1) is 12.6. The lowest BCUT2D eigenvalue weighted by molar-refractivity contribution is -0.125. The summed E-state index contributed by atoms with van der Waals surface area (Å²) < 4.78 is 0. The van der Waals surface area contributed by atoms with E-state index in [4.69, 9.17) is 5.73 Å². The number of nitrogens with zero attached hydrogens (tertiary/aromatic N) is 1. The molecule has 2 aliphatic rings. The van der Waals surface area contributed by atoms with Gasteiger partial charge in [-0.2, -0.15) is 0 Å². The lowest BCUT2D eigenvalue weighted by Crippen LogP contribution is -2.45. The zero-order chi connectivity index (χ0) is 18.5. The van der Waals surface area contributed by atoms with Crippen LogP contribution in [0.25, 0.3) is 0 Å². The maximum atomic E-state index is 12.7.